The summed E-state index contributed by atoms with van der Waals surface area (Å²) in [5.74, 6) is 1.77. The first-order valence-corrected chi connectivity index (χ1v) is 7.36. The molecule has 0 saturated carbocycles. The summed E-state index contributed by atoms with van der Waals surface area (Å²) in [6.07, 6.45) is 3.93. The van der Waals surface area contributed by atoms with Gasteiger partial charge in [0.05, 0.1) is 6.10 Å². The van der Waals surface area contributed by atoms with Crippen molar-refractivity contribution in [3.63, 3.8) is 0 Å². The molecule has 1 aromatic rings. The Morgan fingerprint density at radius 2 is 2.24 bits per heavy atom. The van der Waals surface area contributed by atoms with Crippen LogP contribution in [0.5, 0.6) is 5.75 Å². The highest BCUT2D eigenvalue weighted by molar-refractivity contribution is 7.99. The molecule has 1 aromatic carbocycles. The van der Waals surface area contributed by atoms with Crippen molar-refractivity contribution in [3.05, 3.63) is 24.3 Å². The van der Waals surface area contributed by atoms with E-state index in [2.05, 4.69) is 13.0 Å². The predicted molar refractivity (Wildman–Crippen MR) is 71.7 cm³/mol. The van der Waals surface area contributed by atoms with Crippen LogP contribution in [0, 0.1) is 0 Å². The molecule has 0 saturated heterocycles. The maximum atomic E-state index is 10.1. The molecule has 2 nitrogen and oxygen atoms in total. The Labute approximate surface area is 107 Å². The first-order valence-electron chi connectivity index (χ1n) is 6.38. The fourth-order valence-electron chi connectivity index (χ4n) is 2.01. The Kier molecular flexibility index (Phi) is 4.75. The second kappa shape index (κ2) is 6.31. The molecule has 0 aromatic heterocycles. The van der Waals surface area contributed by atoms with Gasteiger partial charge in [0, 0.05) is 10.6 Å². The Hall–Kier alpha value is -0.670. The molecule has 17 heavy (non-hydrogen) atoms. The van der Waals surface area contributed by atoms with Crippen molar-refractivity contribution in [1.82, 2.24) is 0 Å². The SMILES string of the molecule is CCCCCC(O)C1CSc2ccccc2O1. The van der Waals surface area contributed by atoms with E-state index in [1.165, 1.54) is 17.7 Å². The van der Waals surface area contributed by atoms with E-state index >= 15 is 0 Å². The van der Waals surface area contributed by atoms with E-state index in [1.807, 2.05) is 18.2 Å². The number of hydrogen-bond donors (Lipinski definition) is 1. The molecular formula is C14H20O2S. The molecule has 0 radical (unpaired) electrons. The zero-order valence-electron chi connectivity index (χ0n) is 10.3. The number of thioether (sulfide) groups is 1. The third-order valence-electron chi connectivity index (χ3n) is 3.06. The van der Waals surface area contributed by atoms with Crippen LogP contribution in [-0.2, 0) is 0 Å². The molecule has 0 spiro atoms. The number of para-hydroxylation sites is 1. The van der Waals surface area contributed by atoms with Crippen LogP contribution in [-0.4, -0.2) is 23.1 Å². The molecule has 0 bridgehead atoms. The van der Waals surface area contributed by atoms with Crippen molar-refractivity contribution in [2.45, 2.75) is 49.7 Å². The van der Waals surface area contributed by atoms with Crippen LogP contribution in [0.4, 0.5) is 0 Å². The second-order valence-electron chi connectivity index (χ2n) is 4.48. The van der Waals surface area contributed by atoms with E-state index in [0.29, 0.717) is 0 Å². The molecule has 94 valence electrons. The van der Waals surface area contributed by atoms with E-state index in [4.69, 9.17) is 4.74 Å². The molecule has 2 unspecified atom stereocenters. The normalized spacial score (nSPS) is 20.5. The van der Waals surface area contributed by atoms with Gasteiger partial charge in [-0.3, -0.25) is 0 Å². The van der Waals surface area contributed by atoms with Gasteiger partial charge in [-0.2, -0.15) is 0 Å². The summed E-state index contributed by atoms with van der Waals surface area (Å²) in [5, 5.41) is 10.1. The molecule has 0 fully saturated rings. The van der Waals surface area contributed by atoms with Crippen LogP contribution >= 0.6 is 11.8 Å². The van der Waals surface area contributed by atoms with Gasteiger partial charge >= 0.3 is 0 Å². The van der Waals surface area contributed by atoms with Gasteiger partial charge < -0.3 is 9.84 Å². The highest BCUT2D eigenvalue weighted by Gasteiger charge is 2.26. The number of benzene rings is 1. The van der Waals surface area contributed by atoms with Crippen molar-refractivity contribution >= 4 is 11.8 Å². The first-order chi connectivity index (χ1) is 8.31. The van der Waals surface area contributed by atoms with Crippen LogP contribution in [0.1, 0.15) is 32.6 Å². The summed E-state index contributed by atoms with van der Waals surface area (Å²) in [5.41, 5.74) is 0. The van der Waals surface area contributed by atoms with Crippen molar-refractivity contribution in [3.8, 4) is 5.75 Å². The minimum Gasteiger partial charge on any atom is -0.486 e. The minimum atomic E-state index is -0.331. The molecule has 2 atom stereocenters. The van der Waals surface area contributed by atoms with Crippen molar-refractivity contribution in [1.29, 1.82) is 0 Å². The second-order valence-corrected chi connectivity index (χ2v) is 5.54. The van der Waals surface area contributed by atoms with Gasteiger partial charge in [-0.25, -0.2) is 0 Å². The molecule has 3 heteroatoms. The Morgan fingerprint density at radius 1 is 1.41 bits per heavy atom. The number of unbranched alkanes of at least 4 members (excludes halogenated alkanes) is 2. The Balaban J connectivity index is 1.88. The lowest BCUT2D eigenvalue weighted by molar-refractivity contribution is 0.0392. The minimum absolute atomic E-state index is 0.0493. The smallest absolute Gasteiger partial charge is 0.134 e. The third kappa shape index (κ3) is 3.39. The van der Waals surface area contributed by atoms with Crippen LogP contribution in [0.15, 0.2) is 29.2 Å². The van der Waals surface area contributed by atoms with Crippen molar-refractivity contribution in [2.24, 2.45) is 0 Å². The number of ether oxygens (including phenoxy) is 1. The van der Waals surface area contributed by atoms with Crippen LogP contribution in [0.3, 0.4) is 0 Å². The standard InChI is InChI=1S/C14H20O2S/c1-2-3-4-7-11(15)13-10-17-14-9-6-5-8-12(14)16-13/h5-6,8-9,11,13,15H,2-4,7,10H2,1H3. The molecule has 1 heterocycles. The maximum Gasteiger partial charge on any atom is 0.134 e. The lowest BCUT2D eigenvalue weighted by Crippen LogP contribution is -2.35. The molecule has 1 aliphatic rings. The Morgan fingerprint density at radius 3 is 3.06 bits per heavy atom. The number of aliphatic hydroxyl groups is 1. The summed E-state index contributed by atoms with van der Waals surface area (Å²) >= 11 is 1.78. The maximum absolute atomic E-state index is 10.1. The first kappa shape index (κ1) is 12.8. The summed E-state index contributed by atoms with van der Waals surface area (Å²) in [4.78, 5) is 1.18. The van der Waals surface area contributed by atoms with E-state index in [0.717, 1.165) is 24.3 Å². The summed E-state index contributed by atoms with van der Waals surface area (Å²) in [6.45, 7) is 2.18. The van der Waals surface area contributed by atoms with Gasteiger partial charge in [0.1, 0.15) is 11.9 Å². The summed E-state index contributed by atoms with van der Waals surface area (Å²) < 4.78 is 5.85. The van der Waals surface area contributed by atoms with Gasteiger partial charge in [0.2, 0.25) is 0 Å². The van der Waals surface area contributed by atoms with Gasteiger partial charge in [0.15, 0.2) is 0 Å². The van der Waals surface area contributed by atoms with Crippen molar-refractivity contribution in [2.75, 3.05) is 5.75 Å². The highest BCUT2D eigenvalue weighted by atomic mass is 32.2. The average Bonchev–Trinajstić information content (AvgIpc) is 2.38. The lowest BCUT2D eigenvalue weighted by Gasteiger charge is -2.29. The van der Waals surface area contributed by atoms with Crippen LogP contribution in [0.2, 0.25) is 0 Å². The van der Waals surface area contributed by atoms with Crippen LogP contribution in [0.25, 0.3) is 0 Å². The molecule has 0 aliphatic carbocycles. The number of hydrogen-bond acceptors (Lipinski definition) is 3. The topological polar surface area (TPSA) is 29.5 Å². The quantitative estimate of drug-likeness (QED) is 0.814. The zero-order chi connectivity index (χ0) is 12.1. The van der Waals surface area contributed by atoms with Gasteiger partial charge in [-0.05, 0) is 18.6 Å². The van der Waals surface area contributed by atoms with Gasteiger partial charge in [-0.1, -0.05) is 38.3 Å². The molecular weight excluding hydrogens is 232 g/mol. The summed E-state index contributed by atoms with van der Waals surface area (Å²) in [6, 6.07) is 8.05. The molecule has 0 amide bonds. The van der Waals surface area contributed by atoms with Crippen molar-refractivity contribution < 1.29 is 9.84 Å². The zero-order valence-corrected chi connectivity index (χ0v) is 11.1. The predicted octanol–water partition coefficient (Wildman–Crippen LogP) is 3.48. The monoisotopic (exact) mass is 252 g/mol. The summed E-state index contributed by atoms with van der Waals surface area (Å²) in [7, 11) is 0. The number of aliphatic hydroxyl groups excluding tert-OH is 1. The van der Waals surface area contributed by atoms with Gasteiger partial charge in [-0.15, -0.1) is 11.8 Å². The fraction of sp³-hybridized carbons (Fsp3) is 0.571. The van der Waals surface area contributed by atoms with E-state index in [1.54, 1.807) is 11.8 Å². The van der Waals surface area contributed by atoms with E-state index in [9.17, 15) is 5.11 Å². The molecule has 2 rings (SSSR count). The lowest BCUT2D eigenvalue weighted by atomic mass is 10.1. The third-order valence-corrected chi connectivity index (χ3v) is 4.21. The largest absolute Gasteiger partial charge is 0.486 e. The van der Waals surface area contributed by atoms with E-state index in [-0.39, 0.29) is 12.2 Å². The highest BCUT2D eigenvalue weighted by Crippen LogP contribution is 2.36. The Bertz CT molecular complexity index is 354. The van der Waals surface area contributed by atoms with Gasteiger partial charge in [0.25, 0.3) is 0 Å². The van der Waals surface area contributed by atoms with Crippen LogP contribution < -0.4 is 4.74 Å². The molecule has 1 aliphatic heterocycles. The number of rotatable bonds is 5. The van der Waals surface area contributed by atoms with E-state index < -0.39 is 0 Å². The molecule has 1 N–H and O–H groups in total. The number of fused-ring (bicyclic) bond motifs is 1. The average molecular weight is 252 g/mol. The fourth-order valence-corrected chi connectivity index (χ4v) is 3.08.